The van der Waals surface area contributed by atoms with Gasteiger partial charge < -0.3 is 5.11 Å². The van der Waals surface area contributed by atoms with Crippen LogP contribution in [-0.4, -0.2) is 30.7 Å². The van der Waals surface area contributed by atoms with Crippen LogP contribution in [0.25, 0.3) is 0 Å². The number of hydrogen-bond acceptors (Lipinski definition) is 3. The van der Waals surface area contributed by atoms with Crippen LogP contribution in [0.3, 0.4) is 0 Å². The van der Waals surface area contributed by atoms with Gasteiger partial charge in [-0.15, -0.1) is 4.59 Å². The molecule has 2 rings (SSSR count). The van der Waals surface area contributed by atoms with Gasteiger partial charge in [0.1, 0.15) is 20.1 Å². The van der Waals surface area contributed by atoms with Gasteiger partial charge >= 0.3 is 6.03 Å². The first-order valence-electron chi connectivity index (χ1n) is 5.05. The highest BCUT2D eigenvalue weighted by Crippen LogP contribution is 2.28. The maximum Gasteiger partial charge on any atom is 0.454 e. The zero-order chi connectivity index (χ0) is 12.8. The van der Waals surface area contributed by atoms with Crippen LogP contribution in [0.15, 0.2) is 23.3 Å². The summed E-state index contributed by atoms with van der Waals surface area (Å²) >= 11 is 5.84. The monoisotopic (exact) mass is 253 g/mol. The van der Waals surface area contributed by atoms with Crippen molar-refractivity contribution in [3.8, 4) is 0 Å². The van der Waals surface area contributed by atoms with Crippen LogP contribution in [0.5, 0.6) is 0 Å². The Kier molecular flexibility index (Phi) is 2.60. The van der Waals surface area contributed by atoms with Crippen molar-refractivity contribution in [3.05, 3.63) is 28.8 Å². The molecule has 0 fully saturated rings. The number of quaternary nitrogens is 1. The second kappa shape index (κ2) is 3.72. The first-order valence-corrected chi connectivity index (χ1v) is 5.43. The number of rotatable bonds is 1. The van der Waals surface area contributed by atoms with E-state index in [-0.39, 0.29) is 10.6 Å². The molecule has 0 saturated carbocycles. The van der Waals surface area contributed by atoms with Gasteiger partial charge in [-0.25, -0.2) is 9.69 Å². The molecule has 0 atom stereocenters. The Hall–Kier alpha value is -1.59. The molecular weight excluding hydrogens is 242 g/mol. The summed E-state index contributed by atoms with van der Waals surface area (Å²) < 4.78 is -0.319. The Morgan fingerprint density at radius 2 is 2.06 bits per heavy atom. The van der Waals surface area contributed by atoms with E-state index in [1.165, 1.54) is 0 Å². The molecule has 2 amide bonds. The highest BCUT2D eigenvalue weighted by Gasteiger charge is 2.41. The Morgan fingerprint density at radius 1 is 1.41 bits per heavy atom. The van der Waals surface area contributed by atoms with Gasteiger partial charge in [0.15, 0.2) is 0 Å². The topological polar surface area (TPSA) is 55.7 Å². The molecule has 0 aromatic heterocycles. The van der Waals surface area contributed by atoms with E-state index >= 15 is 0 Å². The Bertz CT molecular complexity index is 525. The first-order chi connectivity index (χ1) is 7.83. The lowest BCUT2D eigenvalue weighted by molar-refractivity contribution is -0.811. The van der Waals surface area contributed by atoms with E-state index in [9.17, 15) is 9.90 Å². The minimum atomic E-state index is -0.551. The molecule has 1 aliphatic rings. The molecule has 17 heavy (non-hydrogen) atoms. The van der Waals surface area contributed by atoms with E-state index in [1.807, 2.05) is 0 Å². The second-order valence-electron chi connectivity index (χ2n) is 4.33. The van der Waals surface area contributed by atoms with Crippen molar-refractivity contribution in [2.45, 2.75) is 6.92 Å². The van der Waals surface area contributed by atoms with Gasteiger partial charge in [-0.2, -0.15) is 0 Å². The fourth-order valence-corrected chi connectivity index (χ4v) is 1.93. The molecule has 1 heterocycles. The van der Waals surface area contributed by atoms with E-state index in [4.69, 9.17) is 11.6 Å². The second-order valence-corrected chi connectivity index (χ2v) is 4.76. The van der Waals surface area contributed by atoms with E-state index in [0.717, 1.165) is 10.5 Å². The average molecular weight is 254 g/mol. The zero-order valence-corrected chi connectivity index (χ0v) is 10.5. The molecular formula is C11H12ClN3O2. The Balaban J connectivity index is 2.49. The summed E-state index contributed by atoms with van der Waals surface area (Å²) in [4.78, 5) is 13.1. The number of halogens is 1. The first kappa shape index (κ1) is 11.9. The van der Waals surface area contributed by atoms with Gasteiger partial charge in [-0.05, 0) is 30.7 Å². The largest absolute Gasteiger partial charge is 0.842 e. The summed E-state index contributed by atoms with van der Waals surface area (Å²) in [6.45, 7) is 1.79. The third-order valence-corrected chi connectivity index (χ3v) is 2.82. The number of amides is 2. The predicted molar refractivity (Wildman–Crippen MR) is 63.6 cm³/mol. The van der Waals surface area contributed by atoms with Crippen LogP contribution < -0.4 is 10.0 Å². The highest BCUT2D eigenvalue weighted by molar-refractivity contribution is 6.30. The summed E-state index contributed by atoms with van der Waals surface area (Å²) in [5.74, 6) is 0. The van der Waals surface area contributed by atoms with Gasteiger partial charge in [0.2, 0.25) is 0 Å². The fourth-order valence-electron chi connectivity index (χ4n) is 1.70. The van der Waals surface area contributed by atoms with Crippen LogP contribution in [0.2, 0.25) is 5.02 Å². The Morgan fingerprint density at radius 3 is 2.53 bits per heavy atom. The molecule has 90 valence electrons. The molecule has 1 aliphatic heterocycles. The van der Waals surface area contributed by atoms with E-state index in [0.29, 0.717) is 10.7 Å². The third-order valence-electron chi connectivity index (χ3n) is 2.59. The van der Waals surface area contributed by atoms with Gasteiger partial charge in [0.25, 0.3) is 0 Å². The lowest BCUT2D eigenvalue weighted by atomic mass is 10.2. The van der Waals surface area contributed by atoms with Crippen molar-refractivity contribution < 1.29 is 14.5 Å². The van der Waals surface area contributed by atoms with Crippen molar-refractivity contribution in [1.29, 1.82) is 0 Å². The SMILES string of the molecule is Cc1cc(Cl)ccc1N1C(=O)[N+](C)(C)N=C1[O-]. The molecule has 5 nitrogen and oxygen atoms in total. The molecule has 0 unspecified atom stereocenters. The van der Waals surface area contributed by atoms with E-state index in [1.54, 1.807) is 39.2 Å². The standard InChI is InChI=1S/C11H12ClN3O2/c1-7-6-8(12)4-5-9(7)14-10(16)13-15(2,3)11(14)17/h4-6H,1-3H3. The van der Waals surface area contributed by atoms with Crippen molar-refractivity contribution in [3.63, 3.8) is 0 Å². The van der Waals surface area contributed by atoms with Crippen molar-refractivity contribution in [1.82, 2.24) is 0 Å². The number of nitrogens with zero attached hydrogens (tertiary/aromatic N) is 3. The van der Waals surface area contributed by atoms with Crippen molar-refractivity contribution >= 4 is 29.3 Å². The van der Waals surface area contributed by atoms with Crippen LogP contribution in [0.1, 0.15) is 5.56 Å². The zero-order valence-electron chi connectivity index (χ0n) is 9.77. The average Bonchev–Trinajstić information content (AvgIpc) is 2.39. The normalized spacial score (nSPS) is 18.5. The van der Waals surface area contributed by atoms with Gasteiger partial charge in [-0.1, -0.05) is 16.7 Å². The number of anilines is 1. The van der Waals surface area contributed by atoms with Crippen molar-refractivity contribution in [2.24, 2.45) is 5.10 Å². The molecule has 1 aromatic rings. The maximum absolute atomic E-state index is 12.0. The van der Waals surface area contributed by atoms with Gasteiger partial charge in [-0.3, -0.25) is 0 Å². The smallest absolute Gasteiger partial charge is 0.454 e. The minimum absolute atomic E-state index is 0.319. The number of carbonyl (C=O) groups is 1. The van der Waals surface area contributed by atoms with Crippen molar-refractivity contribution in [2.75, 3.05) is 19.0 Å². The molecule has 0 N–H and O–H groups in total. The van der Waals surface area contributed by atoms with Crippen LogP contribution >= 0.6 is 11.6 Å². The third kappa shape index (κ3) is 1.87. The molecule has 1 aromatic carbocycles. The van der Waals surface area contributed by atoms with Crippen LogP contribution in [0.4, 0.5) is 10.5 Å². The number of urea groups is 1. The van der Waals surface area contributed by atoms with Crippen LogP contribution in [-0.2, 0) is 0 Å². The van der Waals surface area contributed by atoms with Crippen LogP contribution in [0, 0.1) is 6.92 Å². The molecule has 0 radical (unpaired) electrons. The predicted octanol–water partition coefficient (Wildman–Crippen LogP) is 1.30. The van der Waals surface area contributed by atoms with Gasteiger partial charge in [0.05, 0.1) is 5.69 Å². The number of carbonyl (C=O) groups excluding carboxylic acids is 1. The highest BCUT2D eigenvalue weighted by atomic mass is 35.5. The van der Waals surface area contributed by atoms with E-state index < -0.39 is 6.02 Å². The molecule has 0 spiro atoms. The maximum atomic E-state index is 12.0. The summed E-state index contributed by atoms with van der Waals surface area (Å²) in [6, 6.07) is 4.07. The lowest BCUT2D eigenvalue weighted by Gasteiger charge is -2.21. The minimum Gasteiger partial charge on any atom is -0.842 e. The fraction of sp³-hybridized carbons (Fsp3) is 0.273. The van der Waals surface area contributed by atoms with Gasteiger partial charge in [0, 0.05) is 5.02 Å². The quantitative estimate of drug-likeness (QED) is 0.709. The molecule has 0 aliphatic carbocycles. The van der Waals surface area contributed by atoms with E-state index in [2.05, 4.69) is 5.10 Å². The summed E-state index contributed by atoms with van der Waals surface area (Å²) in [5, 5.41) is 16.1. The number of benzene rings is 1. The number of amidine groups is 1. The molecule has 6 heteroatoms. The molecule has 0 saturated heterocycles. The Labute approximate surface area is 104 Å². The summed E-state index contributed by atoms with van der Waals surface area (Å²) in [6.07, 6.45) is 0. The summed E-state index contributed by atoms with van der Waals surface area (Å²) in [7, 11) is 3.12. The summed E-state index contributed by atoms with van der Waals surface area (Å²) in [5.41, 5.74) is 1.29. The number of hydrogen-bond donors (Lipinski definition) is 0. The lowest BCUT2D eigenvalue weighted by Crippen LogP contribution is -2.46. The molecule has 0 bridgehead atoms. The number of aryl methyl sites for hydroxylation is 1.